The molecule has 0 saturated carbocycles. The summed E-state index contributed by atoms with van der Waals surface area (Å²) in [5, 5.41) is 0. The van der Waals surface area contributed by atoms with Crippen LogP contribution in [0.1, 0.15) is 4.88 Å². The van der Waals surface area contributed by atoms with Gasteiger partial charge in [-0.15, -0.1) is 11.3 Å². The molecule has 11 heteroatoms. The predicted molar refractivity (Wildman–Crippen MR) is 85.1 cm³/mol. The van der Waals surface area contributed by atoms with E-state index in [0.29, 0.717) is 3.79 Å². The van der Waals surface area contributed by atoms with Crippen molar-refractivity contribution in [2.45, 2.75) is 11.4 Å². The fraction of sp³-hybridized carbons (Fsp3) is 0.600. The molecule has 0 radical (unpaired) electrons. The van der Waals surface area contributed by atoms with Crippen LogP contribution in [-0.4, -0.2) is 57.9 Å². The van der Waals surface area contributed by atoms with Crippen LogP contribution < -0.4 is 5.73 Å². The monoisotopic (exact) mass is 417 g/mol. The highest BCUT2D eigenvalue weighted by Crippen LogP contribution is 2.33. The van der Waals surface area contributed by atoms with Crippen LogP contribution >= 0.6 is 27.3 Å². The molecule has 0 unspecified atom stereocenters. The summed E-state index contributed by atoms with van der Waals surface area (Å²) in [5.74, 6) is 0. The minimum Gasteiger partial charge on any atom is -0.326 e. The Balaban J connectivity index is 2.20. The van der Waals surface area contributed by atoms with Crippen LogP contribution in [0.5, 0.6) is 0 Å². The van der Waals surface area contributed by atoms with E-state index in [1.807, 2.05) is 0 Å². The van der Waals surface area contributed by atoms with Crippen LogP contribution in [0.15, 0.2) is 14.7 Å². The highest BCUT2D eigenvalue weighted by molar-refractivity contribution is 9.11. The third-order valence-corrected chi connectivity index (χ3v) is 8.67. The maximum atomic E-state index is 12.6. The quantitative estimate of drug-likeness (QED) is 0.755. The zero-order valence-electron chi connectivity index (χ0n) is 11.3. The summed E-state index contributed by atoms with van der Waals surface area (Å²) in [5.41, 5.74) is 5.53. The minimum atomic E-state index is -3.63. The predicted octanol–water partition coefficient (Wildman–Crippen LogP) is 0.235. The number of piperazine rings is 1. The van der Waals surface area contributed by atoms with E-state index in [9.17, 15) is 16.8 Å². The van der Waals surface area contributed by atoms with E-state index in [-0.39, 0.29) is 37.6 Å². The molecule has 120 valence electrons. The Labute approximate surface area is 137 Å². The van der Waals surface area contributed by atoms with Gasteiger partial charge in [-0.25, -0.2) is 16.8 Å². The Morgan fingerprint density at radius 2 is 1.71 bits per heavy atom. The van der Waals surface area contributed by atoms with Gasteiger partial charge < -0.3 is 5.73 Å². The zero-order chi connectivity index (χ0) is 15.8. The molecule has 1 fully saturated rings. The van der Waals surface area contributed by atoms with Gasteiger partial charge in [-0.05, 0) is 22.0 Å². The van der Waals surface area contributed by atoms with Gasteiger partial charge in [0.1, 0.15) is 4.90 Å². The summed E-state index contributed by atoms with van der Waals surface area (Å²) in [7, 11) is -6.91. The van der Waals surface area contributed by atoms with E-state index >= 15 is 0 Å². The second-order valence-corrected chi connectivity index (χ2v) is 11.0. The molecule has 1 aromatic rings. The van der Waals surface area contributed by atoms with Crippen molar-refractivity contribution in [1.82, 2.24) is 8.61 Å². The van der Waals surface area contributed by atoms with Gasteiger partial charge in [0.05, 0.1) is 10.0 Å². The topological polar surface area (TPSA) is 101 Å². The van der Waals surface area contributed by atoms with Gasteiger partial charge in [0.2, 0.25) is 20.0 Å². The Morgan fingerprint density at radius 1 is 1.19 bits per heavy atom. The molecule has 1 aliphatic heterocycles. The van der Waals surface area contributed by atoms with Crippen molar-refractivity contribution in [2.24, 2.45) is 5.73 Å². The highest BCUT2D eigenvalue weighted by Gasteiger charge is 2.33. The first kappa shape index (κ1) is 17.3. The van der Waals surface area contributed by atoms with Gasteiger partial charge in [-0.1, -0.05) is 0 Å². The molecule has 1 aliphatic rings. The summed E-state index contributed by atoms with van der Waals surface area (Å²) in [6.45, 7) is 0.916. The van der Waals surface area contributed by atoms with Crippen molar-refractivity contribution in [3.05, 3.63) is 14.7 Å². The maximum Gasteiger partial charge on any atom is 0.245 e. The fourth-order valence-electron chi connectivity index (χ4n) is 2.06. The lowest BCUT2D eigenvalue weighted by molar-refractivity contribution is 0.274. The molecule has 0 aliphatic carbocycles. The number of nitrogens with zero attached hydrogens (tertiary/aromatic N) is 2. The van der Waals surface area contributed by atoms with Crippen LogP contribution in [0.25, 0.3) is 0 Å². The summed E-state index contributed by atoms with van der Waals surface area (Å²) >= 11 is 4.54. The number of nitrogens with two attached hydrogens (primary N) is 1. The molecule has 21 heavy (non-hydrogen) atoms. The van der Waals surface area contributed by atoms with Gasteiger partial charge >= 0.3 is 0 Å². The van der Waals surface area contributed by atoms with Gasteiger partial charge in [0.15, 0.2) is 0 Å². The lowest BCUT2D eigenvalue weighted by Gasteiger charge is -2.32. The Hall–Kier alpha value is -0.0400. The second kappa shape index (κ2) is 6.22. The van der Waals surface area contributed by atoms with Gasteiger partial charge in [-0.3, -0.25) is 0 Å². The molecule has 2 heterocycles. The second-order valence-electron chi connectivity index (χ2n) is 4.62. The van der Waals surface area contributed by atoms with Crippen molar-refractivity contribution < 1.29 is 16.8 Å². The molecule has 0 aromatic carbocycles. The van der Waals surface area contributed by atoms with E-state index in [2.05, 4.69) is 15.9 Å². The Bertz CT molecular complexity index is 721. The SMILES string of the molecule is CS(=O)(=O)N1CCN(S(=O)(=O)c2cc(CN)sc2Br)CC1. The van der Waals surface area contributed by atoms with Crippen molar-refractivity contribution >= 4 is 47.3 Å². The molecule has 2 rings (SSSR count). The first-order valence-corrected chi connectivity index (χ1v) is 11.0. The van der Waals surface area contributed by atoms with Crippen molar-refractivity contribution in [1.29, 1.82) is 0 Å². The van der Waals surface area contributed by atoms with E-state index in [0.717, 1.165) is 11.1 Å². The third-order valence-electron chi connectivity index (χ3n) is 3.19. The van der Waals surface area contributed by atoms with Gasteiger partial charge in [0.25, 0.3) is 0 Å². The molecule has 1 aromatic heterocycles. The molecular formula is C10H16BrN3O4S3. The van der Waals surface area contributed by atoms with Gasteiger partial charge in [-0.2, -0.15) is 8.61 Å². The summed E-state index contributed by atoms with van der Waals surface area (Å²) in [4.78, 5) is 0.968. The fourth-order valence-corrected chi connectivity index (χ4v) is 6.82. The average Bonchev–Trinajstić information content (AvgIpc) is 2.80. The minimum absolute atomic E-state index is 0.148. The number of hydrogen-bond acceptors (Lipinski definition) is 6. The van der Waals surface area contributed by atoms with Crippen molar-refractivity contribution in [2.75, 3.05) is 32.4 Å². The molecule has 0 bridgehead atoms. The number of rotatable bonds is 4. The molecule has 1 saturated heterocycles. The number of halogens is 1. The smallest absolute Gasteiger partial charge is 0.245 e. The van der Waals surface area contributed by atoms with Gasteiger partial charge in [0, 0.05) is 37.6 Å². The molecule has 2 N–H and O–H groups in total. The van der Waals surface area contributed by atoms with E-state index < -0.39 is 20.0 Å². The standard InChI is InChI=1S/C10H16BrN3O4S3/c1-20(15,16)13-2-4-14(5-3-13)21(17,18)9-6-8(7-12)19-10(9)11/h6H,2-5,7,12H2,1H3. The van der Waals surface area contributed by atoms with Crippen LogP contribution in [0, 0.1) is 0 Å². The third kappa shape index (κ3) is 3.66. The highest BCUT2D eigenvalue weighted by atomic mass is 79.9. The first-order chi connectivity index (χ1) is 9.66. The Morgan fingerprint density at radius 3 is 2.14 bits per heavy atom. The van der Waals surface area contributed by atoms with Crippen LogP contribution in [0.3, 0.4) is 0 Å². The molecule has 0 amide bonds. The summed E-state index contributed by atoms with van der Waals surface area (Å²) in [6.07, 6.45) is 1.13. The van der Waals surface area contributed by atoms with Crippen LogP contribution in [0.4, 0.5) is 0 Å². The number of thiophene rings is 1. The van der Waals surface area contributed by atoms with E-state index in [1.165, 1.54) is 19.9 Å². The zero-order valence-corrected chi connectivity index (χ0v) is 15.4. The number of hydrogen-bond donors (Lipinski definition) is 1. The largest absolute Gasteiger partial charge is 0.326 e. The average molecular weight is 418 g/mol. The Kier molecular flexibility index (Phi) is 5.13. The van der Waals surface area contributed by atoms with Crippen molar-refractivity contribution in [3.8, 4) is 0 Å². The lowest BCUT2D eigenvalue weighted by Crippen LogP contribution is -2.50. The molecule has 7 nitrogen and oxygen atoms in total. The number of sulfonamides is 2. The molecule has 0 atom stereocenters. The lowest BCUT2D eigenvalue weighted by atomic mass is 10.4. The van der Waals surface area contributed by atoms with Crippen LogP contribution in [0.2, 0.25) is 0 Å². The maximum absolute atomic E-state index is 12.6. The van der Waals surface area contributed by atoms with Crippen LogP contribution in [-0.2, 0) is 26.6 Å². The normalized spacial score (nSPS) is 19.0. The summed E-state index contributed by atoms with van der Waals surface area (Å²) in [6, 6.07) is 1.56. The molecule has 0 spiro atoms. The summed E-state index contributed by atoms with van der Waals surface area (Å²) < 4.78 is 51.2. The van der Waals surface area contributed by atoms with E-state index in [4.69, 9.17) is 5.73 Å². The molecular weight excluding hydrogens is 402 g/mol. The van der Waals surface area contributed by atoms with E-state index in [1.54, 1.807) is 6.07 Å². The first-order valence-electron chi connectivity index (χ1n) is 6.10. The van der Waals surface area contributed by atoms with Crippen molar-refractivity contribution in [3.63, 3.8) is 0 Å².